The summed E-state index contributed by atoms with van der Waals surface area (Å²) in [6.07, 6.45) is 2.36. The molecule has 6 heteroatoms. The van der Waals surface area contributed by atoms with Gasteiger partial charge in [0.15, 0.2) is 0 Å². The van der Waals surface area contributed by atoms with Crippen molar-refractivity contribution in [3.05, 3.63) is 16.9 Å². The molecule has 0 aliphatic carbocycles. The number of nitrogens with two attached hydrogens (primary N) is 1. The van der Waals surface area contributed by atoms with Crippen LogP contribution in [0.1, 0.15) is 38.9 Å². The van der Waals surface area contributed by atoms with Crippen molar-refractivity contribution in [1.82, 2.24) is 15.2 Å². The van der Waals surface area contributed by atoms with Crippen LogP contribution < -0.4 is 11.3 Å². The summed E-state index contributed by atoms with van der Waals surface area (Å²) in [5.41, 5.74) is 3.42. The Morgan fingerprint density at radius 1 is 1.65 bits per heavy atom. The highest BCUT2D eigenvalue weighted by Crippen LogP contribution is 2.29. The average molecular weight is 261 g/mol. The Bertz CT molecular complexity index is 364. The van der Waals surface area contributed by atoms with E-state index in [9.17, 15) is 0 Å². The molecule has 0 radical (unpaired) electrons. The van der Waals surface area contributed by atoms with Crippen LogP contribution in [0, 0.1) is 0 Å². The highest BCUT2D eigenvalue weighted by molar-refractivity contribution is 6.31. The molecule has 0 amide bonds. The SMILES string of the molecule is CCn1ncc(Cl)c1C(CC(C)(C)OC)NN. The first-order valence-corrected chi connectivity index (χ1v) is 6.05. The second-order valence-electron chi connectivity index (χ2n) is 4.58. The number of hydrogen-bond donors (Lipinski definition) is 2. The molecule has 0 aromatic carbocycles. The Morgan fingerprint density at radius 3 is 2.76 bits per heavy atom. The Kier molecular flexibility index (Phi) is 4.94. The molecule has 1 heterocycles. The molecule has 0 aliphatic heterocycles. The van der Waals surface area contributed by atoms with E-state index in [4.69, 9.17) is 22.2 Å². The fourth-order valence-electron chi connectivity index (χ4n) is 1.78. The number of ether oxygens (including phenoxy) is 1. The standard InChI is InChI=1S/C11H21ClN4O/c1-5-16-10(8(12)7-14-16)9(15-13)6-11(2,3)17-4/h7,9,15H,5-6,13H2,1-4H3. The molecule has 0 fully saturated rings. The number of halogens is 1. The van der Waals surface area contributed by atoms with E-state index in [-0.39, 0.29) is 11.6 Å². The third kappa shape index (κ3) is 3.42. The predicted molar refractivity (Wildman–Crippen MR) is 68.7 cm³/mol. The number of aryl methyl sites for hydroxylation is 1. The molecule has 1 rings (SSSR count). The van der Waals surface area contributed by atoms with Gasteiger partial charge in [0.05, 0.1) is 28.6 Å². The second kappa shape index (κ2) is 5.82. The number of nitrogens with one attached hydrogen (secondary N) is 1. The van der Waals surface area contributed by atoms with Gasteiger partial charge in [0.25, 0.3) is 0 Å². The maximum absolute atomic E-state index is 6.15. The molecule has 0 saturated carbocycles. The third-order valence-corrected chi connectivity index (χ3v) is 3.20. The zero-order chi connectivity index (χ0) is 13.1. The largest absolute Gasteiger partial charge is 0.379 e. The molecule has 17 heavy (non-hydrogen) atoms. The van der Waals surface area contributed by atoms with Gasteiger partial charge in [-0.25, -0.2) is 0 Å². The van der Waals surface area contributed by atoms with Crippen LogP contribution in [0.15, 0.2) is 6.20 Å². The maximum atomic E-state index is 6.15. The lowest BCUT2D eigenvalue weighted by Crippen LogP contribution is -2.36. The van der Waals surface area contributed by atoms with Crippen molar-refractivity contribution in [2.24, 2.45) is 5.84 Å². The minimum absolute atomic E-state index is 0.0834. The highest BCUT2D eigenvalue weighted by Gasteiger charge is 2.27. The number of methoxy groups -OCH3 is 1. The number of aromatic nitrogens is 2. The van der Waals surface area contributed by atoms with E-state index in [1.807, 2.05) is 25.5 Å². The van der Waals surface area contributed by atoms with Gasteiger partial charge in [-0.1, -0.05) is 11.6 Å². The Labute approximate surface area is 107 Å². The van der Waals surface area contributed by atoms with E-state index < -0.39 is 0 Å². The minimum Gasteiger partial charge on any atom is -0.379 e. The molecule has 0 spiro atoms. The normalized spacial score (nSPS) is 14.0. The lowest BCUT2D eigenvalue weighted by atomic mass is 9.97. The van der Waals surface area contributed by atoms with Crippen LogP contribution in [0.3, 0.4) is 0 Å². The Balaban J connectivity index is 2.97. The lowest BCUT2D eigenvalue weighted by molar-refractivity contribution is 0.00611. The molecule has 0 aliphatic rings. The van der Waals surface area contributed by atoms with Crippen LogP contribution in [0.25, 0.3) is 0 Å². The number of rotatable bonds is 6. The van der Waals surface area contributed by atoms with Crippen molar-refractivity contribution in [2.45, 2.75) is 45.4 Å². The fourth-order valence-corrected chi connectivity index (χ4v) is 2.05. The van der Waals surface area contributed by atoms with Crippen molar-refractivity contribution in [3.8, 4) is 0 Å². The summed E-state index contributed by atoms with van der Waals surface area (Å²) in [7, 11) is 1.69. The van der Waals surface area contributed by atoms with Gasteiger partial charge in [-0.15, -0.1) is 0 Å². The first kappa shape index (κ1) is 14.4. The van der Waals surface area contributed by atoms with Crippen molar-refractivity contribution in [2.75, 3.05) is 7.11 Å². The van der Waals surface area contributed by atoms with Crippen LogP contribution >= 0.6 is 11.6 Å². The second-order valence-corrected chi connectivity index (χ2v) is 4.99. The minimum atomic E-state index is -0.275. The van der Waals surface area contributed by atoms with Crippen LogP contribution in [0.5, 0.6) is 0 Å². The van der Waals surface area contributed by atoms with Crippen molar-refractivity contribution in [1.29, 1.82) is 0 Å². The van der Waals surface area contributed by atoms with E-state index >= 15 is 0 Å². The van der Waals surface area contributed by atoms with Crippen molar-refractivity contribution < 1.29 is 4.74 Å². The van der Waals surface area contributed by atoms with Crippen LogP contribution in [-0.2, 0) is 11.3 Å². The average Bonchev–Trinajstić information content (AvgIpc) is 2.67. The van der Waals surface area contributed by atoms with Crippen molar-refractivity contribution in [3.63, 3.8) is 0 Å². The number of hydrogen-bond acceptors (Lipinski definition) is 4. The first-order chi connectivity index (χ1) is 7.95. The van der Waals surface area contributed by atoms with E-state index in [1.54, 1.807) is 13.3 Å². The molecule has 1 atom stereocenters. The van der Waals surface area contributed by atoms with Gasteiger partial charge in [0, 0.05) is 13.7 Å². The highest BCUT2D eigenvalue weighted by atomic mass is 35.5. The van der Waals surface area contributed by atoms with Crippen LogP contribution in [-0.4, -0.2) is 22.5 Å². The Hall–Kier alpha value is -0.620. The summed E-state index contributed by atoms with van der Waals surface area (Å²) in [4.78, 5) is 0. The van der Waals surface area contributed by atoms with Gasteiger partial charge >= 0.3 is 0 Å². The molecular weight excluding hydrogens is 240 g/mol. The number of nitrogens with zero attached hydrogens (tertiary/aromatic N) is 2. The summed E-state index contributed by atoms with van der Waals surface area (Å²) in [6, 6.07) is -0.0834. The van der Waals surface area contributed by atoms with E-state index in [2.05, 4.69) is 10.5 Å². The molecule has 0 bridgehead atoms. The maximum Gasteiger partial charge on any atom is 0.0834 e. The summed E-state index contributed by atoms with van der Waals surface area (Å²) in [6.45, 7) is 6.80. The van der Waals surface area contributed by atoms with Gasteiger partial charge in [0.2, 0.25) is 0 Å². The lowest BCUT2D eigenvalue weighted by Gasteiger charge is -2.28. The zero-order valence-corrected chi connectivity index (χ0v) is 11.6. The van der Waals surface area contributed by atoms with Crippen molar-refractivity contribution >= 4 is 11.6 Å². The monoisotopic (exact) mass is 260 g/mol. The quantitative estimate of drug-likeness (QED) is 0.605. The molecule has 1 aromatic rings. The predicted octanol–water partition coefficient (Wildman–Crippen LogP) is 1.88. The molecule has 98 valence electrons. The fraction of sp³-hybridized carbons (Fsp3) is 0.727. The molecule has 3 N–H and O–H groups in total. The summed E-state index contributed by atoms with van der Waals surface area (Å²) < 4.78 is 7.26. The molecule has 5 nitrogen and oxygen atoms in total. The smallest absolute Gasteiger partial charge is 0.0834 e. The van der Waals surface area contributed by atoms with E-state index in [1.165, 1.54) is 0 Å². The molecular formula is C11H21ClN4O. The van der Waals surface area contributed by atoms with Gasteiger partial charge in [0.1, 0.15) is 0 Å². The van der Waals surface area contributed by atoms with Crippen LogP contribution in [0.2, 0.25) is 5.02 Å². The molecule has 0 saturated heterocycles. The first-order valence-electron chi connectivity index (χ1n) is 5.67. The van der Waals surface area contributed by atoms with Gasteiger partial charge in [-0.3, -0.25) is 16.0 Å². The zero-order valence-electron chi connectivity index (χ0n) is 10.8. The Morgan fingerprint density at radius 2 is 2.29 bits per heavy atom. The van der Waals surface area contributed by atoms with Crippen LogP contribution in [0.4, 0.5) is 0 Å². The summed E-state index contributed by atoms with van der Waals surface area (Å²) in [5, 5.41) is 4.83. The van der Waals surface area contributed by atoms with Gasteiger partial charge in [-0.05, 0) is 27.2 Å². The van der Waals surface area contributed by atoms with Gasteiger partial charge in [-0.2, -0.15) is 5.10 Å². The summed E-state index contributed by atoms with van der Waals surface area (Å²) >= 11 is 6.15. The topological polar surface area (TPSA) is 65.1 Å². The van der Waals surface area contributed by atoms with E-state index in [0.717, 1.165) is 12.2 Å². The molecule has 1 aromatic heterocycles. The molecule has 1 unspecified atom stereocenters. The number of hydrazine groups is 1. The third-order valence-electron chi connectivity index (χ3n) is 2.91. The summed E-state index contributed by atoms with van der Waals surface area (Å²) in [5.74, 6) is 5.61. The van der Waals surface area contributed by atoms with E-state index in [0.29, 0.717) is 11.4 Å². The van der Waals surface area contributed by atoms with Gasteiger partial charge < -0.3 is 4.74 Å².